The number of para-hydroxylation sites is 1. The molecule has 2 aromatic carbocycles. The summed E-state index contributed by atoms with van der Waals surface area (Å²) in [5.41, 5.74) is 2.81. The average molecular weight is 279 g/mol. The van der Waals surface area contributed by atoms with Crippen LogP contribution in [0.4, 0.5) is 11.4 Å². The van der Waals surface area contributed by atoms with Gasteiger partial charge in [-0.2, -0.15) is 0 Å². The number of rotatable bonds is 1. The molecule has 4 rings (SSSR count). The van der Waals surface area contributed by atoms with E-state index in [4.69, 9.17) is 9.47 Å². The van der Waals surface area contributed by atoms with E-state index in [1.807, 2.05) is 48.5 Å². The Hall–Kier alpha value is -2.75. The summed E-state index contributed by atoms with van der Waals surface area (Å²) in [5, 5.41) is 0. The van der Waals surface area contributed by atoms with Crippen LogP contribution in [0, 0.1) is 0 Å². The Labute approximate surface area is 122 Å². The lowest BCUT2D eigenvalue weighted by molar-refractivity contribution is -0.113. The van der Waals surface area contributed by atoms with Crippen molar-refractivity contribution in [3.8, 4) is 11.5 Å². The lowest BCUT2D eigenvalue weighted by Crippen LogP contribution is -2.23. The zero-order chi connectivity index (χ0) is 14.2. The van der Waals surface area contributed by atoms with Crippen molar-refractivity contribution in [1.82, 2.24) is 0 Å². The van der Waals surface area contributed by atoms with Gasteiger partial charge in [0, 0.05) is 12.1 Å². The predicted molar refractivity (Wildman–Crippen MR) is 79.0 cm³/mol. The first-order valence-corrected chi connectivity index (χ1v) is 6.81. The summed E-state index contributed by atoms with van der Waals surface area (Å²) in [5.74, 6) is 1.33. The Balaban J connectivity index is 1.86. The molecule has 2 heterocycles. The highest BCUT2D eigenvalue weighted by Gasteiger charge is 2.23. The fourth-order valence-corrected chi connectivity index (χ4v) is 2.67. The van der Waals surface area contributed by atoms with Gasteiger partial charge in [-0.1, -0.05) is 24.3 Å². The van der Waals surface area contributed by atoms with E-state index in [0.717, 1.165) is 23.4 Å². The molecule has 2 aliphatic rings. The van der Waals surface area contributed by atoms with Crippen molar-refractivity contribution in [1.29, 1.82) is 0 Å². The van der Waals surface area contributed by atoms with Gasteiger partial charge in [0.1, 0.15) is 0 Å². The van der Waals surface area contributed by atoms with Crippen molar-refractivity contribution in [2.24, 2.45) is 0 Å². The van der Waals surface area contributed by atoms with Crippen LogP contribution in [0.25, 0.3) is 0 Å². The molecule has 104 valence electrons. The van der Waals surface area contributed by atoms with Gasteiger partial charge in [0.05, 0.1) is 11.4 Å². The second kappa shape index (κ2) is 4.66. The quantitative estimate of drug-likeness (QED) is 0.804. The molecule has 1 amide bonds. The minimum Gasteiger partial charge on any atom is -0.454 e. The van der Waals surface area contributed by atoms with Gasteiger partial charge in [0.15, 0.2) is 11.5 Å². The lowest BCUT2D eigenvalue weighted by Gasteiger charge is -2.23. The van der Waals surface area contributed by atoms with Crippen molar-refractivity contribution in [2.75, 3.05) is 11.7 Å². The van der Waals surface area contributed by atoms with E-state index in [9.17, 15) is 4.79 Å². The van der Waals surface area contributed by atoms with Crippen LogP contribution in [0.5, 0.6) is 11.5 Å². The van der Waals surface area contributed by atoms with Gasteiger partial charge in [-0.3, -0.25) is 9.69 Å². The maximum Gasteiger partial charge on any atom is 0.255 e. The summed E-state index contributed by atoms with van der Waals surface area (Å²) in [6.07, 6.45) is 4.27. The van der Waals surface area contributed by atoms with Gasteiger partial charge < -0.3 is 9.47 Å². The van der Waals surface area contributed by atoms with Crippen molar-refractivity contribution in [3.05, 3.63) is 60.2 Å². The molecule has 0 atom stereocenters. The molecule has 0 N–H and O–H groups in total. The van der Waals surface area contributed by atoms with E-state index in [1.165, 1.54) is 0 Å². The van der Waals surface area contributed by atoms with Crippen molar-refractivity contribution < 1.29 is 14.3 Å². The highest BCUT2D eigenvalue weighted by molar-refractivity contribution is 6.08. The Morgan fingerprint density at radius 1 is 1.00 bits per heavy atom. The zero-order valence-corrected chi connectivity index (χ0v) is 11.3. The molecule has 0 spiro atoms. The number of hydrogen-bond donors (Lipinski definition) is 0. The Kier molecular flexibility index (Phi) is 2.67. The Morgan fingerprint density at radius 3 is 2.81 bits per heavy atom. The molecular formula is C17H13NO3. The third-order valence-electron chi connectivity index (χ3n) is 3.67. The number of anilines is 2. The van der Waals surface area contributed by atoms with Crippen molar-refractivity contribution in [2.45, 2.75) is 6.42 Å². The SMILES string of the molecule is O=C1C=CCc2ccccc2N1c1ccc2c(c1)OCO2. The van der Waals surface area contributed by atoms with E-state index in [1.54, 1.807) is 11.0 Å². The summed E-state index contributed by atoms with van der Waals surface area (Å²) in [6, 6.07) is 13.5. The van der Waals surface area contributed by atoms with Crippen LogP contribution in [0.15, 0.2) is 54.6 Å². The summed E-state index contributed by atoms with van der Waals surface area (Å²) in [7, 11) is 0. The molecule has 21 heavy (non-hydrogen) atoms. The fraction of sp³-hybridized carbons (Fsp3) is 0.118. The maximum absolute atomic E-state index is 12.4. The summed E-state index contributed by atoms with van der Waals surface area (Å²) in [4.78, 5) is 14.2. The molecule has 0 bridgehead atoms. The lowest BCUT2D eigenvalue weighted by atomic mass is 10.1. The van der Waals surface area contributed by atoms with Crippen LogP contribution in [-0.2, 0) is 11.2 Å². The highest BCUT2D eigenvalue weighted by atomic mass is 16.7. The van der Waals surface area contributed by atoms with Gasteiger partial charge in [-0.25, -0.2) is 0 Å². The Bertz CT molecular complexity index is 751. The first kappa shape index (κ1) is 12.0. The molecule has 0 fully saturated rings. The van der Waals surface area contributed by atoms with Crippen LogP contribution >= 0.6 is 0 Å². The molecule has 4 heteroatoms. The van der Waals surface area contributed by atoms with Crippen LogP contribution < -0.4 is 14.4 Å². The van der Waals surface area contributed by atoms with Crippen LogP contribution in [0.2, 0.25) is 0 Å². The second-order valence-corrected chi connectivity index (χ2v) is 4.95. The monoisotopic (exact) mass is 279 g/mol. The summed E-state index contributed by atoms with van der Waals surface area (Å²) >= 11 is 0. The van der Waals surface area contributed by atoms with E-state index in [2.05, 4.69) is 0 Å². The van der Waals surface area contributed by atoms with Crippen LogP contribution in [0.3, 0.4) is 0 Å². The number of ether oxygens (including phenoxy) is 2. The van der Waals surface area contributed by atoms with Crippen molar-refractivity contribution in [3.63, 3.8) is 0 Å². The molecule has 0 saturated carbocycles. The minimum absolute atomic E-state index is 0.0567. The number of benzene rings is 2. The van der Waals surface area contributed by atoms with Gasteiger partial charge in [0.2, 0.25) is 6.79 Å². The molecule has 0 saturated heterocycles. The Morgan fingerprint density at radius 2 is 1.86 bits per heavy atom. The number of hydrogen-bond acceptors (Lipinski definition) is 3. The number of allylic oxidation sites excluding steroid dienone is 1. The molecule has 0 aliphatic carbocycles. The second-order valence-electron chi connectivity index (χ2n) is 4.95. The standard InChI is InChI=1S/C17H13NO3/c19-17-7-3-5-12-4-1-2-6-14(12)18(17)13-8-9-15-16(10-13)21-11-20-15/h1-4,6-10H,5,11H2. The highest BCUT2D eigenvalue weighted by Crippen LogP contribution is 2.39. The fourth-order valence-electron chi connectivity index (χ4n) is 2.67. The normalized spacial score (nSPS) is 15.8. The van der Waals surface area contributed by atoms with E-state index in [-0.39, 0.29) is 12.7 Å². The molecular weight excluding hydrogens is 266 g/mol. The minimum atomic E-state index is -0.0567. The number of amides is 1. The smallest absolute Gasteiger partial charge is 0.255 e. The third kappa shape index (κ3) is 1.96. The molecule has 2 aromatic rings. The van der Waals surface area contributed by atoms with Crippen LogP contribution in [-0.4, -0.2) is 12.7 Å². The number of carbonyl (C=O) groups excluding carboxylic acids is 1. The number of fused-ring (bicyclic) bond motifs is 2. The van der Waals surface area contributed by atoms with Gasteiger partial charge in [-0.15, -0.1) is 0 Å². The molecule has 0 radical (unpaired) electrons. The van der Waals surface area contributed by atoms with E-state index < -0.39 is 0 Å². The molecule has 0 aromatic heterocycles. The number of nitrogens with zero attached hydrogens (tertiary/aromatic N) is 1. The summed E-state index contributed by atoms with van der Waals surface area (Å²) in [6.45, 7) is 0.225. The van der Waals surface area contributed by atoms with Gasteiger partial charge >= 0.3 is 0 Å². The third-order valence-corrected chi connectivity index (χ3v) is 3.67. The predicted octanol–water partition coefficient (Wildman–Crippen LogP) is 3.19. The van der Waals surface area contributed by atoms with Gasteiger partial charge in [-0.05, 0) is 30.2 Å². The number of carbonyl (C=O) groups is 1. The van der Waals surface area contributed by atoms with E-state index >= 15 is 0 Å². The molecule has 2 aliphatic heterocycles. The first-order chi connectivity index (χ1) is 10.3. The van der Waals surface area contributed by atoms with Crippen LogP contribution in [0.1, 0.15) is 5.56 Å². The average Bonchev–Trinajstić information content (AvgIpc) is 2.90. The first-order valence-electron chi connectivity index (χ1n) is 6.81. The topological polar surface area (TPSA) is 38.8 Å². The van der Waals surface area contributed by atoms with E-state index in [0.29, 0.717) is 11.5 Å². The molecule has 0 unspecified atom stereocenters. The largest absolute Gasteiger partial charge is 0.454 e. The zero-order valence-electron chi connectivity index (χ0n) is 11.3. The van der Waals surface area contributed by atoms with Crippen molar-refractivity contribution >= 4 is 17.3 Å². The summed E-state index contributed by atoms with van der Waals surface area (Å²) < 4.78 is 10.7. The van der Waals surface area contributed by atoms with Gasteiger partial charge in [0.25, 0.3) is 5.91 Å². The molecule has 4 nitrogen and oxygen atoms in total. The maximum atomic E-state index is 12.4.